The van der Waals surface area contributed by atoms with Crippen LogP contribution in [0.3, 0.4) is 0 Å². The number of halogens is 1. The molecule has 24 heavy (non-hydrogen) atoms. The van der Waals surface area contributed by atoms with Crippen molar-refractivity contribution < 1.29 is 4.79 Å². The van der Waals surface area contributed by atoms with Gasteiger partial charge < -0.3 is 5.32 Å². The first kappa shape index (κ1) is 16.7. The molecule has 0 bridgehead atoms. The highest BCUT2D eigenvalue weighted by molar-refractivity contribution is 9.10. The average Bonchev–Trinajstić information content (AvgIpc) is 3.11. The van der Waals surface area contributed by atoms with Crippen LogP contribution >= 0.6 is 27.7 Å². The molecule has 5 nitrogen and oxygen atoms in total. The van der Waals surface area contributed by atoms with Crippen molar-refractivity contribution in [2.45, 2.75) is 11.3 Å². The van der Waals surface area contributed by atoms with Gasteiger partial charge in [-0.2, -0.15) is 5.10 Å². The summed E-state index contributed by atoms with van der Waals surface area (Å²) in [4.78, 5) is 17.6. The molecule has 0 fully saturated rings. The summed E-state index contributed by atoms with van der Waals surface area (Å²) in [6, 6.07) is 13.5. The van der Waals surface area contributed by atoms with Crippen molar-refractivity contribution in [3.63, 3.8) is 0 Å². The van der Waals surface area contributed by atoms with E-state index in [9.17, 15) is 4.79 Å². The number of nitrogens with one attached hydrogen (secondary N) is 1. The van der Waals surface area contributed by atoms with Gasteiger partial charge in [0.25, 0.3) is 0 Å². The molecule has 0 saturated carbocycles. The van der Waals surface area contributed by atoms with Crippen molar-refractivity contribution >= 4 is 39.3 Å². The van der Waals surface area contributed by atoms with E-state index in [1.165, 1.54) is 0 Å². The van der Waals surface area contributed by atoms with Crippen LogP contribution in [-0.4, -0.2) is 26.4 Å². The highest BCUT2D eigenvalue weighted by atomic mass is 79.9. The lowest BCUT2D eigenvalue weighted by molar-refractivity contribution is -0.115. The van der Waals surface area contributed by atoms with E-state index >= 15 is 0 Å². The molecule has 1 aromatic carbocycles. The van der Waals surface area contributed by atoms with Gasteiger partial charge in [0.15, 0.2) is 5.82 Å². The molecule has 1 amide bonds. The Hall–Kier alpha value is -2.12. The molecule has 0 aliphatic rings. The minimum Gasteiger partial charge on any atom is -0.323 e. The largest absolute Gasteiger partial charge is 0.323 e. The summed E-state index contributed by atoms with van der Waals surface area (Å²) in [6.45, 7) is 0. The maximum absolute atomic E-state index is 12.2. The lowest BCUT2D eigenvalue weighted by Crippen LogP contribution is -2.15. The van der Waals surface area contributed by atoms with Crippen LogP contribution in [0.25, 0.3) is 5.82 Å². The Morgan fingerprint density at radius 3 is 2.75 bits per heavy atom. The first-order valence-electron chi connectivity index (χ1n) is 7.35. The highest BCUT2D eigenvalue weighted by Crippen LogP contribution is 2.22. The van der Waals surface area contributed by atoms with Crippen LogP contribution in [0.2, 0.25) is 0 Å². The second kappa shape index (κ2) is 8.12. The number of anilines is 1. The Bertz CT molecular complexity index is 806. The van der Waals surface area contributed by atoms with Gasteiger partial charge in [-0.25, -0.2) is 9.67 Å². The summed E-state index contributed by atoms with van der Waals surface area (Å²) in [5, 5.41) is 7.07. The summed E-state index contributed by atoms with van der Waals surface area (Å²) in [5.41, 5.74) is 0.653. The summed E-state index contributed by atoms with van der Waals surface area (Å²) >= 11 is 5.07. The van der Waals surface area contributed by atoms with Crippen LogP contribution in [0.5, 0.6) is 0 Å². The maximum atomic E-state index is 12.2. The Balaban J connectivity index is 1.57. The molecule has 2 heterocycles. The van der Waals surface area contributed by atoms with E-state index in [2.05, 4.69) is 31.3 Å². The number of amides is 1. The molecule has 122 valence electrons. The van der Waals surface area contributed by atoms with Gasteiger partial charge in [-0.15, -0.1) is 11.8 Å². The predicted molar refractivity (Wildman–Crippen MR) is 99.5 cm³/mol. The van der Waals surface area contributed by atoms with Crippen molar-refractivity contribution in [1.82, 2.24) is 14.8 Å². The molecule has 0 radical (unpaired) electrons. The topological polar surface area (TPSA) is 59.8 Å². The van der Waals surface area contributed by atoms with Crippen molar-refractivity contribution in [2.24, 2.45) is 0 Å². The molecule has 0 spiro atoms. The molecule has 0 saturated heterocycles. The molecule has 1 N–H and O–H groups in total. The fourth-order valence-electron chi connectivity index (χ4n) is 2.08. The minimum absolute atomic E-state index is 0.0407. The van der Waals surface area contributed by atoms with E-state index in [1.807, 2.05) is 36.4 Å². The summed E-state index contributed by atoms with van der Waals surface area (Å²) in [5.74, 6) is 1.28. The third-order valence-corrected chi connectivity index (χ3v) is 4.74. The number of carbonyl (C=O) groups is 1. The van der Waals surface area contributed by atoms with E-state index in [-0.39, 0.29) is 5.91 Å². The van der Waals surface area contributed by atoms with Crippen LogP contribution in [0.15, 0.2) is 70.4 Å². The van der Waals surface area contributed by atoms with Gasteiger partial charge >= 0.3 is 0 Å². The van der Waals surface area contributed by atoms with E-state index in [0.29, 0.717) is 23.7 Å². The van der Waals surface area contributed by atoms with Gasteiger partial charge in [-0.05, 0) is 42.5 Å². The van der Waals surface area contributed by atoms with Gasteiger partial charge in [-0.1, -0.05) is 15.9 Å². The van der Waals surface area contributed by atoms with Crippen LogP contribution in [0, 0.1) is 0 Å². The number of nitrogens with zero attached hydrogens (tertiary/aromatic N) is 3. The standard InChI is InChI=1S/C17H15BrN4OS/c18-13-4-6-14(7-5-13)24-12-8-16(23)21-15-3-1-9-19-17(15)22-11-2-10-20-22/h1-7,9-11H,8,12H2,(H,21,23). The third kappa shape index (κ3) is 4.46. The zero-order valence-electron chi connectivity index (χ0n) is 12.7. The second-order valence-corrected chi connectivity index (χ2v) is 7.01. The van der Waals surface area contributed by atoms with Gasteiger partial charge in [0.05, 0.1) is 5.69 Å². The first-order valence-corrected chi connectivity index (χ1v) is 9.13. The van der Waals surface area contributed by atoms with Gasteiger partial charge in [0.1, 0.15) is 0 Å². The molecule has 3 aromatic rings. The molecular weight excluding hydrogens is 388 g/mol. The van der Waals surface area contributed by atoms with E-state index in [4.69, 9.17) is 0 Å². The van der Waals surface area contributed by atoms with Crippen molar-refractivity contribution in [3.05, 3.63) is 65.5 Å². The Morgan fingerprint density at radius 2 is 2.00 bits per heavy atom. The van der Waals surface area contributed by atoms with Crippen LogP contribution < -0.4 is 5.32 Å². The Morgan fingerprint density at radius 1 is 1.17 bits per heavy atom. The number of thioether (sulfide) groups is 1. The number of hydrogen-bond donors (Lipinski definition) is 1. The smallest absolute Gasteiger partial charge is 0.225 e. The molecule has 0 aliphatic carbocycles. The van der Waals surface area contributed by atoms with Crippen LogP contribution in [-0.2, 0) is 4.79 Å². The summed E-state index contributed by atoms with van der Waals surface area (Å²) < 4.78 is 2.68. The van der Waals surface area contributed by atoms with Crippen molar-refractivity contribution in [3.8, 4) is 5.82 Å². The fraction of sp³-hybridized carbons (Fsp3) is 0.118. The van der Waals surface area contributed by atoms with Crippen molar-refractivity contribution in [1.29, 1.82) is 0 Å². The lowest BCUT2D eigenvalue weighted by atomic mass is 10.3. The zero-order valence-corrected chi connectivity index (χ0v) is 15.1. The Kier molecular flexibility index (Phi) is 5.66. The summed E-state index contributed by atoms with van der Waals surface area (Å²) in [7, 11) is 0. The molecular formula is C17H15BrN4OS. The molecule has 0 aliphatic heterocycles. The quantitative estimate of drug-likeness (QED) is 0.629. The number of benzene rings is 1. The summed E-state index contributed by atoms with van der Waals surface area (Å²) in [6.07, 6.45) is 5.57. The van der Waals surface area contributed by atoms with E-state index in [0.717, 1.165) is 9.37 Å². The number of pyridine rings is 1. The monoisotopic (exact) mass is 402 g/mol. The zero-order chi connectivity index (χ0) is 16.8. The van der Waals surface area contributed by atoms with E-state index in [1.54, 1.807) is 41.1 Å². The third-order valence-electron chi connectivity index (χ3n) is 3.19. The average molecular weight is 403 g/mol. The van der Waals surface area contributed by atoms with Gasteiger partial charge in [0, 0.05) is 40.1 Å². The lowest BCUT2D eigenvalue weighted by Gasteiger charge is -2.10. The molecule has 0 unspecified atom stereocenters. The van der Waals surface area contributed by atoms with Crippen molar-refractivity contribution in [2.75, 3.05) is 11.1 Å². The molecule has 2 aromatic heterocycles. The Labute approximate surface area is 152 Å². The SMILES string of the molecule is O=C(CCSc1ccc(Br)cc1)Nc1cccnc1-n1cccn1. The number of hydrogen-bond acceptors (Lipinski definition) is 4. The maximum Gasteiger partial charge on any atom is 0.225 e. The molecule has 7 heteroatoms. The van der Waals surface area contributed by atoms with Crippen LogP contribution in [0.1, 0.15) is 6.42 Å². The highest BCUT2D eigenvalue weighted by Gasteiger charge is 2.09. The predicted octanol–water partition coefficient (Wildman–Crippen LogP) is 4.15. The minimum atomic E-state index is -0.0407. The van der Waals surface area contributed by atoms with Gasteiger partial charge in [-0.3, -0.25) is 4.79 Å². The number of rotatable bonds is 6. The first-order chi connectivity index (χ1) is 11.7. The number of carbonyl (C=O) groups excluding carboxylic acids is 1. The number of aromatic nitrogens is 3. The van der Waals surface area contributed by atoms with E-state index < -0.39 is 0 Å². The van der Waals surface area contributed by atoms with Gasteiger partial charge in [0.2, 0.25) is 5.91 Å². The van der Waals surface area contributed by atoms with Crippen LogP contribution in [0.4, 0.5) is 5.69 Å². The normalized spacial score (nSPS) is 10.5. The molecule has 3 rings (SSSR count). The second-order valence-electron chi connectivity index (χ2n) is 4.93. The molecule has 0 atom stereocenters. The fourth-order valence-corrected chi connectivity index (χ4v) is 3.19.